The Kier molecular flexibility index (Phi) is 3.80. The number of aromatic nitrogens is 1. The number of aromatic amines is 1. The van der Waals surface area contributed by atoms with Gasteiger partial charge in [0.05, 0.1) is 0 Å². The van der Waals surface area contributed by atoms with Crippen molar-refractivity contribution in [3.8, 4) is 0 Å². The third kappa shape index (κ3) is 2.66. The Labute approximate surface area is 119 Å². The molecular weight excluding hydrogens is 274 g/mol. The van der Waals surface area contributed by atoms with E-state index in [0.29, 0.717) is 11.1 Å². The van der Waals surface area contributed by atoms with Crippen molar-refractivity contribution in [1.82, 2.24) is 9.71 Å². The Morgan fingerprint density at radius 3 is 2.55 bits per heavy atom. The van der Waals surface area contributed by atoms with Gasteiger partial charge in [-0.05, 0) is 38.0 Å². The molecule has 2 aromatic rings. The van der Waals surface area contributed by atoms with Gasteiger partial charge >= 0.3 is 0 Å². The Bertz CT molecular complexity index is 715. The van der Waals surface area contributed by atoms with Crippen LogP contribution in [0.2, 0.25) is 0 Å². The lowest BCUT2D eigenvalue weighted by Gasteiger charge is -2.27. The van der Waals surface area contributed by atoms with Crippen molar-refractivity contribution in [1.29, 1.82) is 0 Å². The molecule has 0 saturated heterocycles. The largest absolute Gasteiger partial charge is 0.399 e. The second-order valence-electron chi connectivity index (χ2n) is 5.33. The standard InChI is InChI=1S/C14H21N3O2S/c1-4-14(3,5-2)17-20(18,19)13-9-16-12-7-6-10(15)8-11(12)13/h6-9,16-17H,4-5,15H2,1-3H3. The molecule has 0 aliphatic rings. The molecule has 0 fully saturated rings. The van der Waals surface area contributed by atoms with Crippen LogP contribution in [0.15, 0.2) is 29.3 Å². The zero-order valence-corrected chi connectivity index (χ0v) is 12.8. The zero-order valence-electron chi connectivity index (χ0n) is 12.0. The molecule has 0 atom stereocenters. The maximum atomic E-state index is 12.6. The number of nitrogens with two attached hydrogens (primary N) is 1. The number of benzene rings is 1. The zero-order chi connectivity index (χ0) is 15.0. The van der Waals surface area contributed by atoms with E-state index in [1.54, 1.807) is 18.2 Å². The van der Waals surface area contributed by atoms with Crippen LogP contribution in [-0.4, -0.2) is 18.9 Å². The number of rotatable bonds is 5. The molecule has 20 heavy (non-hydrogen) atoms. The van der Waals surface area contributed by atoms with Crippen LogP contribution >= 0.6 is 0 Å². The van der Waals surface area contributed by atoms with Gasteiger partial charge in [0.1, 0.15) is 4.90 Å². The summed E-state index contributed by atoms with van der Waals surface area (Å²) in [7, 11) is -3.58. The fourth-order valence-electron chi connectivity index (χ4n) is 2.11. The van der Waals surface area contributed by atoms with E-state index in [1.807, 2.05) is 20.8 Å². The number of fused-ring (bicyclic) bond motifs is 1. The van der Waals surface area contributed by atoms with E-state index in [9.17, 15) is 8.42 Å². The number of nitrogens with one attached hydrogen (secondary N) is 2. The first-order chi connectivity index (χ1) is 9.31. The lowest BCUT2D eigenvalue weighted by atomic mass is 9.98. The van der Waals surface area contributed by atoms with Gasteiger partial charge in [-0.25, -0.2) is 13.1 Å². The van der Waals surface area contributed by atoms with Crippen LogP contribution < -0.4 is 10.5 Å². The summed E-state index contributed by atoms with van der Waals surface area (Å²) in [5.74, 6) is 0. The highest BCUT2D eigenvalue weighted by Gasteiger charge is 2.29. The SMILES string of the molecule is CCC(C)(CC)NS(=O)(=O)c1c[nH]c2ccc(N)cc12. The van der Waals surface area contributed by atoms with Gasteiger partial charge in [-0.3, -0.25) is 0 Å². The molecule has 0 spiro atoms. The molecule has 6 heteroatoms. The normalized spacial score (nSPS) is 12.9. The van der Waals surface area contributed by atoms with Crippen molar-refractivity contribution < 1.29 is 8.42 Å². The monoisotopic (exact) mass is 295 g/mol. The second-order valence-corrected chi connectivity index (χ2v) is 6.98. The van der Waals surface area contributed by atoms with Crippen molar-refractivity contribution in [2.45, 2.75) is 44.0 Å². The minimum Gasteiger partial charge on any atom is -0.399 e. The van der Waals surface area contributed by atoms with E-state index in [4.69, 9.17) is 5.73 Å². The van der Waals surface area contributed by atoms with Crippen LogP contribution in [0.5, 0.6) is 0 Å². The van der Waals surface area contributed by atoms with E-state index >= 15 is 0 Å². The van der Waals surface area contributed by atoms with Gasteiger partial charge in [0.2, 0.25) is 10.0 Å². The summed E-state index contributed by atoms with van der Waals surface area (Å²) in [5, 5.41) is 0.618. The molecule has 0 saturated carbocycles. The van der Waals surface area contributed by atoms with Crippen molar-refractivity contribution in [3.05, 3.63) is 24.4 Å². The van der Waals surface area contributed by atoms with Crippen LogP contribution in [0.25, 0.3) is 10.9 Å². The average Bonchev–Trinajstić information content (AvgIpc) is 2.81. The summed E-state index contributed by atoms with van der Waals surface area (Å²) >= 11 is 0. The smallest absolute Gasteiger partial charge is 0.243 e. The molecule has 0 bridgehead atoms. The van der Waals surface area contributed by atoms with E-state index in [2.05, 4.69) is 9.71 Å². The third-order valence-corrected chi connectivity index (χ3v) is 5.58. The molecule has 1 heterocycles. The molecule has 1 aromatic carbocycles. The molecule has 0 radical (unpaired) electrons. The van der Waals surface area contributed by atoms with Gasteiger partial charge < -0.3 is 10.7 Å². The summed E-state index contributed by atoms with van der Waals surface area (Å²) in [6.45, 7) is 5.85. The molecule has 1 aromatic heterocycles. The Balaban J connectivity index is 2.50. The number of hydrogen-bond donors (Lipinski definition) is 3. The van der Waals surface area contributed by atoms with Crippen LogP contribution in [0.4, 0.5) is 5.69 Å². The molecule has 0 aliphatic heterocycles. The summed E-state index contributed by atoms with van der Waals surface area (Å²) in [6.07, 6.45) is 2.97. The Hall–Kier alpha value is -1.53. The quantitative estimate of drug-likeness (QED) is 0.741. The van der Waals surface area contributed by atoms with E-state index < -0.39 is 15.6 Å². The topological polar surface area (TPSA) is 88.0 Å². The van der Waals surface area contributed by atoms with Gasteiger partial charge in [0.15, 0.2) is 0 Å². The Morgan fingerprint density at radius 2 is 1.95 bits per heavy atom. The average molecular weight is 295 g/mol. The molecule has 5 nitrogen and oxygen atoms in total. The van der Waals surface area contributed by atoms with Crippen LogP contribution in [-0.2, 0) is 10.0 Å². The fourth-order valence-corrected chi connectivity index (χ4v) is 3.83. The molecule has 110 valence electrons. The highest BCUT2D eigenvalue weighted by molar-refractivity contribution is 7.89. The molecule has 0 aliphatic carbocycles. The molecule has 4 N–H and O–H groups in total. The van der Waals surface area contributed by atoms with Crippen molar-refractivity contribution >= 4 is 26.6 Å². The molecular formula is C14H21N3O2S. The van der Waals surface area contributed by atoms with Gasteiger partial charge in [0.25, 0.3) is 0 Å². The highest BCUT2D eigenvalue weighted by Crippen LogP contribution is 2.26. The van der Waals surface area contributed by atoms with Crippen LogP contribution in [0.1, 0.15) is 33.6 Å². The van der Waals surface area contributed by atoms with E-state index in [0.717, 1.165) is 18.4 Å². The molecule has 0 amide bonds. The molecule has 2 rings (SSSR count). The van der Waals surface area contributed by atoms with E-state index in [-0.39, 0.29) is 4.90 Å². The molecule has 0 unspecified atom stereocenters. The fraction of sp³-hybridized carbons (Fsp3) is 0.429. The summed E-state index contributed by atoms with van der Waals surface area (Å²) in [5.41, 5.74) is 6.61. The van der Waals surface area contributed by atoms with Gasteiger partial charge in [-0.1, -0.05) is 13.8 Å². The number of sulfonamides is 1. The first-order valence-corrected chi connectivity index (χ1v) is 8.20. The maximum Gasteiger partial charge on any atom is 0.243 e. The number of nitrogen functional groups attached to an aromatic ring is 1. The minimum atomic E-state index is -3.58. The maximum absolute atomic E-state index is 12.6. The van der Waals surface area contributed by atoms with Crippen molar-refractivity contribution in [2.24, 2.45) is 0 Å². The number of anilines is 1. The van der Waals surface area contributed by atoms with Crippen LogP contribution in [0, 0.1) is 0 Å². The van der Waals surface area contributed by atoms with E-state index in [1.165, 1.54) is 6.20 Å². The van der Waals surface area contributed by atoms with Crippen molar-refractivity contribution in [2.75, 3.05) is 5.73 Å². The second kappa shape index (κ2) is 5.10. The van der Waals surface area contributed by atoms with Gasteiger partial charge in [-0.15, -0.1) is 0 Å². The highest BCUT2D eigenvalue weighted by atomic mass is 32.2. The summed E-state index contributed by atoms with van der Waals surface area (Å²) < 4.78 is 28.0. The number of hydrogen-bond acceptors (Lipinski definition) is 3. The first kappa shape index (κ1) is 14.9. The first-order valence-electron chi connectivity index (χ1n) is 6.72. The minimum absolute atomic E-state index is 0.243. The predicted octanol–water partition coefficient (Wildman–Crippen LogP) is 2.61. The number of H-pyrrole nitrogens is 1. The van der Waals surface area contributed by atoms with Crippen LogP contribution in [0.3, 0.4) is 0 Å². The predicted molar refractivity (Wildman–Crippen MR) is 82.0 cm³/mol. The van der Waals surface area contributed by atoms with Gasteiger partial charge in [0, 0.05) is 28.3 Å². The van der Waals surface area contributed by atoms with Gasteiger partial charge in [-0.2, -0.15) is 0 Å². The lowest BCUT2D eigenvalue weighted by molar-refractivity contribution is 0.389. The summed E-state index contributed by atoms with van der Waals surface area (Å²) in [4.78, 5) is 3.21. The summed E-state index contributed by atoms with van der Waals surface area (Å²) in [6, 6.07) is 5.20. The van der Waals surface area contributed by atoms with Crippen molar-refractivity contribution in [3.63, 3.8) is 0 Å². The lowest BCUT2D eigenvalue weighted by Crippen LogP contribution is -2.44. The third-order valence-electron chi connectivity index (χ3n) is 3.90. The Morgan fingerprint density at radius 1 is 1.30 bits per heavy atom.